The number of carbonyl (C=O) groups excluding carboxylic acids is 1. The van der Waals surface area contributed by atoms with Crippen molar-refractivity contribution < 1.29 is 10.0 Å². The zero-order chi connectivity index (χ0) is 14.6. The monoisotopic (exact) mass is 282 g/mol. The molecule has 20 heavy (non-hydrogen) atoms. The van der Waals surface area contributed by atoms with Gasteiger partial charge in [0, 0.05) is 19.6 Å². The molecule has 0 aromatic rings. The van der Waals surface area contributed by atoms with E-state index >= 15 is 0 Å². The highest BCUT2D eigenvalue weighted by Crippen LogP contribution is 2.38. The van der Waals surface area contributed by atoms with Gasteiger partial charge in [0.25, 0.3) is 0 Å². The van der Waals surface area contributed by atoms with Gasteiger partial charge in [-0.3, -0.25) is 4.79 Å². The fourth-order valence-corrected chi connectivity index (χ4v) is 3.38. The van der Waals surface area contributed by atoms with Crippen molar-refractivity contribution in [3.8, 4) is 0 Å². The standard InChI is InChI=1S/C14H26N4O2/c1-17-8-5-9-18(11-10-17)13(19)14(12(15)16-20)6-3-2-4-7-14/h20H,2-11H2,1H3,(H2,15,16). The van der Waals surface area contributed by atoms with Crippen molar-refractivity contribution in [1.82, 2.24) is 9.80 Å². The number of likely N-dealkylation sites (N-methyl/N-ethyl adjacent to an activating group) is 1. The summed E-state index contributed by atoms with van der Waals surface area (Å²) >= 11 is 0. The Labute approximate surface area is 120 Å². The molecule has 6 heteroatoms. The lowest BCUT2D eigenvalue weighted by Gasteiger charge is -2.38. The summed E-state index contributed by atoms with van der Waals surface area (Å²) in [7, 11) is 2.08. The van der Waals surface area contributed by atoms with Gasteiger partial charge in [0.2, 0.25) is 5.91 Å². The lowest BCUT2D eigenvalue weighted by atomic mass is 9.72. The number of carbonyl (C=O) groups is 1. The Morgan fingerprint density at radius 3 is 2.45 bits per heavy atom. The van der Waals surface area contributed by atoms with Gasteiger partial charge in [0.1, 0.15) is 5.41 Å². The molecule has 2 fully saturated rings. The highest BCUT2D eigenvalue weighted by molar-refractivity contribution is 6.06. The Kier molecular flexibility index (Phi) is 4.86. The molecule has 0 spiro atoms. The molecular weight excluding hydrogens is 256 g/mol. The minimum absolute atomic E-state index is 0.0581. The molecular formula is C14H26N4O2. The van der Waals surface area contributed by atoms with E-state index in [9.17, 15) is 4.79 Å². The number of nitrogens with zero attached hydrogens (tertiary/aromatic N) is 3. The molecule has 1 heterocycles. The van der Waals surface area contributed by atoms with Crippen molar-refractivity contribution in [2.24, 2.45) is 16.3 Å². The first-order valence-electron chi connectivity index (χ1n) is 7.56. The third kappa shape index (κ3) is 2.90. The first kappa shape index (κ1) is 15.1. The van der Waals surface area contributed by atoms with Crippen LogP contribution in [0.3, 0.4) is 0 Å². The average Bonchev–Trinajstić information content (AvgIpc) is 2.71. The highest BCUT2D eigenvalue weighted by atomic mass is 16.4. The van der Waals surface area contributed by atoms with E-state index in [2.05, 4.69) is 17.1 Å². The number of rotatable bonds is 2. The van der Waals surface area contributed by atoms with Crippen molar-refractivity contribution >= 4 is 11.7 Å². The summed E-state index contributed by atoms with van der Waals surface area (Å²) < 4.78 is 0. The van der Waals surface area contributed by atoms with Gasteiger partial charge in [-0.05, 0) is 32.9 Å². The molecule has 0 atom stereocenters. The van der Waals surface area contributed by atoms with Crippen LogP contribution in [0.1, 0.15) is 38.5 Å². The minimum atomic E-state index is -0.768. The van der Waals surface area contributed by atoms with Gasteiger partial charge >= 0.3 is 0 Å². The van der Waals surface area contributed by atoms with Crippen LogP contribution in [0.2, 0.25) is 0 Å². The number of hydrogen-bond donors (Lipinski definition) is 2. The van der Waals surface area contributed by atoms with Gasteiger partial charge in [-0.1, -0.05) is 24.4 Å². The Bertz CT molecular complexity index is 377. The molecule has 0 bridgehead atoms. The molecule has 6 nitrogen and oxygen atoms in total. The van der Waals surface area contributed by atoms with E-state index in [1.807, 2.05) is 4.90 Å². The van der Waals surface area contributed by atoms with Gasteiger partial charge < -0.3 is 20.7 Å². The molecule has 1 aliphatic heterocycles. The van der Waals surface area contributed by atoms with Crippen LogP contribution >= 0.6 is 0 Å². The summed E-state index contributed by atoms with van der Waals surface area (Å²) in [6.07, 6.45) is 5.44. The predicted molar refractivity (Wildman–Crippen MR) is 77.6 cm³/mol. The van der Waals surface area contributed by atoms with Crippen LogP contribution in [0.15, 0.2) is 5.16 Å². The SMILES string of the molecule is CN1CCCN(C(=O)C2(C(N)=NO)CCCCC2)CC1. The molecule has 3 N–H and O–H groups in total. The summed E-state index contributed by atoms with van der Waals surface area (Å²) in [5, 5.41) is 12.3. The number of oxime groups is 1. The van der Waals surface area contributed by atoms with Gasteiger partial charge in [-0.25, -0.2) is 0 Å². The number of amidine groups is 1. The summed E-state index contributed by atoms with van der Waals surface area (Å²) in [5.41, 5.74) is 5.13. The summed E-state index contributed by atoms with van der Waals surface area (Å²) in [6, 6.07) is 0. The Hall–Kier alpha value is -1.30. The van der Waals surface area contributed by atoms with Crippen LogP contribution < -0.4 is 5.73 Å². The van der Waals surface area contributed by atoms with E-state index in [0.717, 1.165) is 51.9 Å². The minimum Gasteiger partial charge on any atom is -0.409 e. The number of amides is 1. The van der Waals surface area contributed by atoms with E-state index in [1.165, 1.54) is 0 Å². The number of nitrogens with two attached hydrogens (primary N) is 1. The van der Waals surface area contributed by atoms with Crippen molar-refractivity contribution in [3.05, 3.63) is 0 Å². The summed E-state index contributed by atoms with van der Waals surface area (Å²) in [5.74, 6) is 0.155. The van der Waals surface area contributed by atoms with Gasteiger partial charge in [0.05, 0.1) is 0 Å². The van der Waals surface area contributed by atoms with Gasteiger partial charge in [0.15, 0.2) is 5.84 Å². The first-order valence-corrected chi connectivity index (χ1v) is 7.56. The molecule has 0 aromatic heterocycles. The second kappa shape index (κ2) is 6.43. The van der Waals surface area contributed by atoms with Crippen LogP contribution in [0.4, 0.5) is 0 Å². The second-order valence-electron chi connectivity index (χ2n) is 6.08. The van der Waals surface area contributed by atoms with E-state index in [-0.39, 0.29) is 11.7 Å². The van der Waals surface area contributed by atoms with E-state index in [1.54, 1.807) is 0 Å². The van der Waals surface area contributed by atoms with E-state index in [4.69, 9.17) is 10.9 Å². The van der Waals surface area contributed by atoms with Crippen molar-refractivity contribution in [1.29, 1.82) is 0 Å². The normalized spacial score (nSPS) is 25.2. The predicted octanol–water partition coefficient (Wildman–Crippen LogP) is 0.847. The molecule has 1 aliphatic carbocycles. The molecule has 1 saturated carbocycles. The molecule has 114 valence electrons. The fraction of sp³-hybridized carbons (Fsp3) is 0.857. The maximum Gasteiger partial charge on any atom is 0.236 e. The third-order valence-corrected chi connectivity index (χ3v) is 4.72. The smallest absolute Gasteiger partial charge is 0.236 e. The van der Waals surface area contributed by atoms with Crippen molar-refractivity contribution in [2.75, 3.05) is 33.2 Å². The second-order valence-corrected chi connectivity index (χ2v) is 6.08. The van der Waals surface area contributed by atoms with Crippen LogP contribution in [-0.2, 0) is 4.79 Å². The lowest BCUT2D eigenvalue weighted by Crippen LogP contribution is -2.53. The maximum absolute atomic E-state index is 13.0. The van der Waals surface area contributed by atoms with Crippen LogP contribution in [0.5, 0.6) is 0 Å². The largest absolute Gasteiger partial charge is 0.409 e. The number of hydrogen-bond acceptors (Lipinski definition) is 4. The summed E-state index contributed by atoms with van der Waals surface area (Å²) in [6.45, 7) is 3.40. The lowest BCUT2D eigenvalue weighted by molar-refractivity contribution is -0.139. The van der Waals surface area contributed by atoms with E-state index < -0.39 is 5.41 Å². The molecule has 0 radical (unpaired) electrons. The van der Waals surface area contributed by atoms with Crippen LogP contribution in [-0.4, -0.2) is 60.0 Å². The van der Waals surface area contributed by atoms with Crippen LogP contribution in [0, 0.1) is 5.41 Å². The molecule has 0 unspecified atom stereocenters. The molecule has 0 aromatic carbocycles. The zero-order valence-electron chi connectivity index (χ0n) is 12.3. The van der Waals surface area contributed by atoms with Crippen molar-refractivity contribution in [2.45, 2.75) is 38.5 Å². The van der Waals surface area contributed by atoms with E-state index in [0.29, 0.717) is 12.8 Å². The Morgan fingerprint density at radius 2 is 1.80 bits per heavy atom. The Balaban J connectivity index is 2.18. The third-order valence-electron chi connectivity index (χ3n) is 4.72. The van der Waals surface area contributed by atoms with Crippen LogP contribution in [0.25, 0.3) is 0 Å². The molecule has 1 amide bonds. The Morgan fingerprint density at radius 1 is 1.10 bits per heavy atom. The highest BCUT2D eigenvalue weighted by Gasteiger charge is 2.46. The summed E-state index contributed by atoms with van der Waals surface area (Å²) in [4.78, 5) is 17.1. The molecule has 2 aliphatic rings. The maximum atomic E-state index is 13.0. The van der Waals surface area contributed by atoms with Crippen molar-refractivity contribution in [3.63, 3.8) is 0 Å². The molecule has 1 saturated heterocycles. The van der Waals surface area contributed by atoms with Gasteiger partial charge in [-0.2, -0.15) is 0 Å². The quantitative estimate of drug-likeness (QED) is 0.340. The zero-order valence-corrected chi connectivity index (χ0v) is 12.3. The fourth-order valence-electron chi connectivity index (χ4n) is 3.38. The molecule has 2 rings (SSSR count). The first-order chi connectivity index (χ1) is 9.60. The topological polar surface area (TPSA) is 82.2 Å². The van der Waals surface area contributed by atoms with Gasteiger partial charge in [-0.15, -0.1) is 0 Å². The average molecular weight is 282 g/mol.